The van der Waals surface area contributed by atoms with Gasteiger partial charge in [-0.05, 0) is 57.7 Å². The third-order valence-corrected chi connectivity index (χ3v) is 7.51. The molecule has 0 unspecified atom stereocenters. The summed E-state index contributed by atoms with van der Waals surface area (Å²) in [5.74, 6) is 0.218. The number of carbonyl (C=O) groups is 2. The Hall–Kier alpha value is -2.07. The minimum atomic E-state index is -0.307. The smallest absolute Gasteiger partial charge is 0.264 e. The molecule has 1 saturated heterocycles. The van der Waals surface area contributed by atoms with Gasteiger partial charge in [0.1, 0.15) is 5.75 Å². The maximum Gasteiger partial charge on any atom is 0.264 e. The zero-order valence-electron chi connectivity index (χ0n) is 17.6. The van der Waals surface area contributed by atoms with E-state index < -0.39 is 0 Å². The zero-order valence-corrected chi connectivity index (χ0v) is 22.4. The Balaban J connectivity index is 1.43. The summed E-state index contributed by atoms with van der Waals surface area (Å²) in [7, 11) is 1.52. The van der Waals surface area contributed by atoms with Gasteiger partial charge in [0.25, 0.3) is 11.8 Å². The Morgan fingerprint density at radius 3 is 2.48 bits per heavy atom. The highest BCUT2D eigenvalue weighted by atomic mass is 79.9. The van der Waals surface area contributed by atoms with Gasteiger partial charge in [-0.25, -0.2) is 0 Å². The van der Waals surface area contributed by atoms with Gasteiger partial charge < -0.3 is 19.9 Å². The number of piperazine rings is 1. The lowest BCUT2D eigenvalue weighted by molar-refractivity contribution is 0.0751. The van der Waals surface area contributed by atoms with E-state index in [9.17, 15) is 9.59 Å². The van der Waals surface area contributed by atoms with Crippen molar-refractivity contribution in [2.75, 3.05) is 43.5 Å². The molecule has 2 aromatic carbocycles. The maximum atomic E-state index is 12.9. The molecule has 2 amide bonds. The van der Waals surface area contributed by atoms with Crippen LogP contribution in [-0.4, -0.2) is 50.0 Å². The molecule has 33 heavy (non-hydrogen) atoms. The first-order valence-electron chi connectivity index (χ1n) is 10.1. The number of nitrogens with zero attached hydrogens (tertiary/aromatic N) is 2. The van der Waals surface area contributed by atoms with Crippen LogP contribution in [0.4, 0.5) is 11.4 Å². The summed E-state index contributed by atoms with van der Waals surface area (Å²) in [4.78, 5) is 30.2. The maximum absolute atomic E-state index is 12.9. The van der Waals surface area contributed by atoms with E-state index in [0.29, 0.717) is 52.7 Å². The number of anilines is 2. The van der Waals surface area contributed by atoms with E-state index in [-0.39, 0.29) is 11.8 Å². The van der Waals surface area contributed by atoms with E-state index in [2.05, 4.69) is 42.1 Å². The van der Waals surface area contributed by atoms with Crippen molar-refractivity contribution in [1.82, 2.24) is 4.90 Å². The highest BCUT2D eigenvalue weighted by Gasteiger charge is 2.24. The van der Waals surface area contributed by atoms with Gasteiger partial charge in [-0.1, -0.05) is 33.6 Å². The number of thiophene rings is 1. The molecule has 6 nitrogen and oxygen atoms in total. The molecule has 0 aliphatic carbocycles. The highest BCUT2D eigenvalue weighted by molar-refractivity contribution is 9.11. The molecule has 0 radical (unpaired) electrons. The Morgan fingerprint density at radius 2 is 1.85 bits per heavy atom. The molecule has 0 bridgehead atoms. The summed E-state index contributed by atoms with van der Waals surface area (Å²) in [5, 5.41) is 5.33. The fourth-order valence-corrected chi connectivity index (χ4v) is 6.06. The topological polar surface area (TPSA) is 61.9 Å². The molecule has 1 N–H and O–H groups in total. The predicted octanol–water partition coefficient (Wildman–Crippen LogP) is 6.15. The molecule has 1 aromatic heterocycles. The average Bonchev–Trinajstić information content (AvgIpc) is 3.33. The van der Waals surface area contributed by atoms with Crippen molar-refractivity contribution in [3.8, 4) is 5.75 Å². The van der Waals surface area contributed by atoms with Gasteiger partial charge in [0, 0.05) is 36.3 Å². The normalized spacial score (nSPS) is 13.7. The van der Waals surface area contributed by atoms with E-state index in [1.54, 1.807) is 12.1 Å². The predicted molar refractivity (Wildman–Crippen MR) is 140 cm³/mol. The molecule has 2 heterocycles. The lowest BCUT2D eigenvalue weighted by Crippen LogP contribution is -2.48. The second-order valence-electron chi connectivity index (χ2n) is 7.35. The molecular weight excluding hydrogens is 594 g/mol. The van der Waals surface area contributed by atoms with Crippen LogP contribution in [0.15, 0.2) is 56.8 Å². The van der Waals surface area contributed by atoms with Crippen LogP contribution in [-0.2, 0) is 0 Å². The molecule has 0 saturated carbocycles. The van der Waals surface area contributed by atoms with Crippen molar-refractivity contribution in [2.24, 2.45) is 0 Å². The van der Waals surface area contributed by atoms with Gasteiger partial charge in [0.2, 0.25) is 0 Å². The van der Waals surface area contributed by atoms with E-state index in [0.717, 1.165) is 15.0 Å². The fraction of sp³-hybridized carbons (Fsp3) is 0.217. The number of amides is 2. The molecule has 4 rings (SSSR count). The molecule has 1 aliphatic heterocycles. The van der Waals surface area contributed by atoms with Crippen LogP contribution in [0.3, 0.4) is 0 Å². The number of hydrogen-bond donors (Lipinski definition) is 1. The summed E-state index contributed by atoms with van der Waals surface area (Å²) >= 11 is 14.8. The van der Waals surface area contributed by atoms with Gasteiger partial charge in [-0.2, -0.15) is 0 Å². The summed E-state index contributed by atoms with van der Waals surface area (Å²) in [6, 6.07) is 12.7. The van der Waals surface area contributed by atoms with E-state index in [1.807, 2.05) is 40.6 Å². The van der Waals surface area contributed by atoms with Crippen molar-refractivity contribution in [1.29, 1.82) is 0 Å². The number of halogens is 3. The first-order chi connectivity index (χ1) is 15.9. The van der Waals surface area contributed by atoms with Crippen molar-refractivity contribution in [3.05, 3.63) is 72.3 Å². The minimum absolute atomic E-state index is 0.0726. The second kappa shape index (κ2) is 10.5. The molecule has 172 valence electrons. The number of nitrogens with one attached hydrogen (secondary N) is 1. The van der Waals surface area contributed by atoms with Crippen molar-refractivity contribution in [3.63, 3.8) is 0 Å². The Labute approximate surface area is 217 Å². The second-order valence-corrected chi connectivity index (χ2v) is 10.5. The van der Waals surface area contributed by atoms with Crippen LogP contribution in [0.5, 0.6) is 5.75 Å². The van der Waals surface area contributed by atoms with Crippen molar-refractivity contribution < 1.29 is 14.3 Å². The van der Waals surface area contributed by atoms with Crippen LogP contribution < -0.4 is 15.0 Å². The monoisotopic (exact) mass is 611 g/mol. The largest absolute Gasteiger partial charge is 0.495 e. The number of carbonyl (C=O) groups excluding carboxylic acids is 2. The molecular formula is C23H20Br2ClN3O3S. The molecule has 1 aliphatic rings. The molecule has 10 heteroatoms. The molecule has 1 fully saturated rings. The van der Waals surface area contributed by atoms with Crippen LogP contribution in [0.25, 0.3) is 0 Å². The van der Waals surface area contributed by atoms with Gasteiger partial charge in [-0.15, -0.1) is 11.3 Å². The van der Waals surface area contributed by atoms with E-state index >= 15 is 0 Å². The third kappa shape index (κ3) is 5.37. The van der Waals surface area contributed by atoms with Gasteiger partial charge in [0.15, 0.2) is 0 Å². The lowest BCUT2D eigenvalue weighted by Gasteiger charge is -2.36. The first kappa shape index (κ1) is 24.1. The SMILES string of the molecule is COc1c(Br)cc(Br)cc1C(=O)Nc1ccc(N2CCN(C(=O)c3cccs3)CC2)c(Cl)c1. The van der Waals surface area contributed by atoms with Crippen molar-refractivity contribution in [2.45, 2.75) is 0 Å². The van der Waals surface area contributed by atoms with Crippen LogP contribution in [0.1, 0.15) is 20.0 Å². The number of benzene rings is 2. The summed E-state index contributed by atoms with van der Waals surface area (Å²) in [6.45, 7) is 2.63. The van der Waals surface area contributed by atoms with Crippen LogP contribution in [0.2, 0.25) is 5.02 Å². The lowest BCUT2D eigenvalue weighted by atomic mass is 10.1. The molecule has 0 atom stereocenters. The minimum Gasteiger partial charge on any atom is -0.495 e. The molecule has 3 aromatic rings. The van der Waals surface area contributed by atoms with E-state index in [1.165, 1.54) is 18.4 Å². The number of ether oxygens (including phenoxy) is 1. The van der Waals surface area contributed by atoms with Gasteiger partial charge in [-0.3, -0.25) is 9.59 Å². The Bertz CT molecular complexity index is 1180. The zero-order chi connectivity index (χ0) is 23.5. The van der Waals surface area contributed by atoms with Crippen LogP contribution in [0, 0.1) is 0 Å². The van der Waals surface area contributed by atoms with E-state index in [4.69, 9.17) is 16.3 Å². The number of methoxy groups -OCH3 is 1. The molecule has 0 spiro atoms. The Morgan fingerprint density at radius 1 is 1.09 bits per heavy atom. The van der Waals surface area contributed by atoms with Gasteiger partial charge in [0.05, 0.1) is 32.7 Å². The third-order valence-electron chi connectivity index (χ3n) is 5.30. The number of hydrogen-bond acceptors (Lipinski definition) is 5. The van der Waals surface area contributed by atoms with Crippen LogP contribution >= 0.6 is 54.8 Å². The van der Waals surface area contributed by atoms with Crippen molar-refractivity contribution >= 4 is 78.0 Å². The highest BCUT2D eigenvalue weighted by Crippen LogP contribution is 2.34. The standard InChI is InChI=1S/C23H20Br2ClN3O3S/c1-32-21-16(11-14(24)12-17(21)25)22(30)27-15-4-5-19(18(26)13-15)28-6-8-29(9-7-28)23(31)20-3-2-10-33-20/h2-5,10-13H,6-9H2,1H3,(H,27,30). The summed E-state index contributed by atoms with van der Waals surface area (Å²) < 4.78 is 6.80. The summed E-state index contributed by atoms with van der Waals surface area (Å²) in [5.41, 5.74) is 1.85. The number of rotatable bonds is 5. The average molecular weight is 614 g/mol. The Kier molecular flexibility index (Phi) is 7.63. The quantitative estimate of drug-likeness (QED) is 0.375. The first-order valence-corrected chi connectivity index (χ1v) is 12.9. The summed E-state index contributed by atoms with van der Waals surface area (Å²) in [6.07, 6.45) is 0. The van der Waals surface area contributed by atoms with Gasteiger partial charge >= 0.3 is 0 Å². The fourth-order valence-electron chi connectivity index (χ4n) is 3.68.